The predicted octanol–water partition coefficient (Wildman–Crippen LogP) is 6.49. The van der Waals surface area contributed by atoms with Gasteiger partial charge in [-0.05, 0) is 48.5 Å². The minimum atomic E-state index is -0.988. The highest BCUT2D eigenvalue weighted by atomic mass is 35.5. The normalized spacial score (nSPS) is 18.5. The van der Waals surface area contributed by atoms with E-state index in [9.17, 15) is 4.79 Å². The molecule has 6 heteroatoms. The van der Waals surface area contributed by atoms with E-state index in [4.69, 9.17) is 27.9 Å². The van der Waals surface area contributed by atoms with Crippen molar-refractivity contribution in [1.82, 2.24) is 0 Å². The van der Waals surface area contributed by atoms with Gasteiger partial charge in [-0.25, -0.2) is 4.79 Å². The predicted molar refractivity (Wildman–Crippen MR) is 115 cm³/mol. The van der Waals surface area contributed by atoms with Gasteiger partial charge >= 0.3 is 5.97 Å². The van der Waals surface area contributed by atoms with Gasteiger partial charge in [0.15, 0.2) is 0 Å². The molecule has 28 heavy (non-hydrogen) atoms. The Bertz CT molecular complexity index is 1020. The Morgan fingerprint density at radius 2 is 1.43 bits per heavy atom. The largest absolute Gasteiger partial charge is 0.435 e. The maximum absolute atomic E-state index is 12.7. The van der Waals surface area contributed by atoms with Crippen molar-refractivity contribution in [3.63, 3.8) is 0 Å². The highest BCUT2D eigenvalue weighted by molar-refractivity contribution is 8.00. The summed E-state index contributed by atoms with van der Waals surface area (Å²) in [4.78, 5) is 12.7. The number of benzene rings is 3. The second kappa shape index (κ2) is 7.92. The minimum absolute atomic E-state index is 0.376. The molecule has 3 aromatic carbocycles. The summed E-state index contributed by atoms with van der Waals surface area (Å²) >= 11 is 13.4. The standard InChI is InChI=1S/C22H15Cl2NO2S/c23-16-8-6-15(7-9-16)22(28-19-4-2-1-3-5-19)14-20(21(26)27-22)25-18-12-10-17(24)11-13-18/h1-14,25H. The van der Waals surface area contributed by atoms with Gasteiger partial charge in [0, 0.05) is 32.3 Å². The number of anilines is 1. The lowest BCUT2D eigenvalue weighted by Crippen LogP contribution is -2.21. The number of cyclic esters (lactones) is 1. The van der Waals surface area contributed by atoms with Crippen molar-refractivity contribution in [2.75, 3.05) is 5.32 Å². The fourth-order valence-corrected chi connectivity index (χ4v) is 4.29. The third kappa shape index (κ3) is 4.04. The highest BCUT2D eigenvalue weighted by Crippen LogP contribution is 2.48. The maximum Gasteiger partial charge on any atom is 0.356 e. The first-order valence-electron chi connectivity index (χ1n) is 8.53. The first-order chi connectivity index (χ1) is 13.5. The molecule has 140 valence electrons. The number of ether oxygens (including phenoxy) is 1. The molecule has 0 aliphatic carbocycles. The smallest absolute Gasteiger partial charge is 0.356 e. The van der Waals surface area contributed by atoms with Crippen molar-refractivity contribution >= 4 is 46.6 Å². The van der Waals surface area contributed by atoms with Gasteiger partial charge in [-0.1, -0.05) is 65.3 Å². The summed E-state index contributed by atoms with van der Waals surface area (Å²) in [6, 6.07) is 24.3. The summed E-state index contributed by atoms with van der Waals surface area (Å²) in [6.07, 6.45) is 1.81. The third-order valence-corrected chi connectivity index (χ3v) is 5.93. The molecule has 1 aliphatic heterocycles. The Labute approximate surface area is 177 Å². The zero-order valence-corrected chi connectivity index (χ0v) is 16.9. The van der Waals surface area contributed by atoms with E-state index in [2.05, 4.69) is 5.32 Å². The summed E-state index contributed by atoms with van der Waals surface area (Å²) in [5.74, 6) is -0.423. The summed E-state index contributed by atoms with van der Waals surface area (Å²) in [7, 11) is 0. The Balaban J connectivity index is 1.72. The SMILES string of the molecule is O=C1OC(Sc2ccccc2)(c2ccc(Cl)cc2)C=C1Nc1ccc(Cl)cc1. The molecule has 3 aromatic rings. The quantitative estimate of drug-likeness (QED) is 0.472. The highest BCUT2D eigenvalue weighted by Gasteiger charge is 2.43. The van der Waals surface area contributed by atoms with Crippen LogP contribution in [0, 0.1) is 0 Å². The van der Waals surface area contributed by atoms with E-state index in [1.807, 2.05) is 60.7 Å². The van der Waals surface area contributed by atoms with Crippen LogP contribution in [0.1, 0.15) is 5.56 Å². The average Bonchev–Trinajstić information content (AvgIpc) is 3.01. The molecule has 0 saturated carbocycles. The lowest BCUT2D eigenvalue weighted by atomic mass is 10.1. The van der Waals surface area contributed by atoms with E-state index in [0.717, 1.165) is 16.1 Å². The van der Waals surface area contributed by atoms with Crippen molar-refractivity contribution in [1.29, 1.82) is 0 Å². The Kier molecular flexibility index (Phi) is 5.36. The van der Waals surface area contributed by atoms with Crippen molar-refractivity contribution in [3.05, 3.63) is 106 Å². The molecular formula is C22H15Cl2NO2S. The summed E-state index contributed by atoms with van der Waals surface area (Å²) < 4.78 is 5.89. The number of esters is 1. The van der Waals surface area contributed by atoms with Gasteiger partial charge in [0.25, 0.3) is 0 Å². The van der Waals surface area contributed by atoms with Crippen LogP contribution in [0.15, 0.2) is 95.5 Å². The third-order valence-electron chi connectivity index (χ3n) is 4.18. The average molecular weight is 428 g/mol. The van der Waals surface area contributed by atoms with Crippen LogP contribution >= 0.6 is 35.0 Å². The van der Waals surface area contributed by atoms with E-state index >= 15 is 0 Å². The number of hydrogen-bond acceptors (Lipinski definition) is 4. The molecule has 0 radical (unpaired) electrons. The van der Waals surface area contributed by atoms with Crippen LogP contribution in [0.4, 0.5) is 5.69 Å². The number of rotatable bonds is 5. The van der Waals surface area contributed by atoms with Gasteiger partial charge < -0.3 is 10.1 Å². The van der Waals surface area contributed by atoms with Crippen molar-refractivity contribution < 1.29 is 9.53 Å². The molecule has 1 aliphatic rings. The molecule has 1 atom stereocenters. The second-order valence-electron chi connectivity index (χ2n) is 6.17. The number of carbonyl (C=O) groups excluding carboxylic acids is 1. The van der Waals surface area contributed by atoms with Gasteiger partial charge in [-0.2, -0.15) is 0 Å². The number of nitrogens with one attached hydrogen (secondary N) is 1. The van der Waals surface area contributed by atoms with Crippen molar-refractivity contribution in [2.24, 2.45) is 0 Å². The molecule has 0 amide bonds. The lowest BCUT2D eigenvalue weighted by molar-refractivity contribution is -0.141. The Hall–Kier alpha value is -2.40. The van der Waals surface area contributed by atoms with Gasteiger partial charge in [-0.15, -0.1) is 0 Å². The molecule has 1 heterocycles. The lowest BCUT2D eigenvalue weighted by Gasteiger charge is -2.26. The number of halogens is 2. The van der Waals surface area contributed by atoms with Crippen molar-refractivity contribution in [2.45, 2.75) is 9.83 Å². The second-order valence-corrected chi connectivity index (χ2v) is 8.32. The fraction of sp³-hybridized carbons (Fsp3) is 0.0455. The van der Waals surface area contributed by atoms with Gasteiger partial charge in [0.1, 0.15) is 5.70 Å². The van der Waals surface area contributed by atoms with Crippen LogP contribution < -0.4 is 5.32 Å². The number of hydrogen-bond donors (Lipinski definition) is 1. The van der Waals surface area contributed by atoms with Crippen LogP contribution in [0.25, 0.3) is 0 Å². The van der Waals surface area contributed by atoms with E-state index in [1.165, 1.54) is 11.8 Å². The molecule has 1 N–H and O–H groups in total. The van der Waals surface area contributed by atoms with E-state index in [1.54, 1.807) is 24.3 Å². The van der Waals surface area contributed by atoms with Crippen LogP contribution in [0.5, 0.6) is 0 Å². The molecule has 0 saturated heterocycles. The summed E-state index contributed by atoms with van der Waals surface area (Å²) in [6.45, 7) is 0. The van der Waals surface area contributed by atoms with Gasteiger partial charge in [0.2, 0.25) is 4.93 Å². The van der Waals surface area contributed by atoms with E-state index < -0.39 is 10.9 Å². The van der Waals surface area contributed by atoms with E-state index in [0.29, 0.717) is 15.7 Å². The molecule has 0 bridgehead atoms. The molecule has 0 fully saturated rings. The summed E-state index contributed by atoms with van der Waals surface area (Å²) in [5, 5.41) is 4.38. The fourth-order valence-electron chi connectivity index (χ4n) is 2.84. The van der Waals surface area contributed by atoms with Crippen molar-refractivity contribution in [3.8, 4) is 0 Å². The maximum atomic E-state index is 12.7. The molecule has 1 unspecified atom stereocenters. The van der Waals surface area contributed by atoms with Gasteiger partial charge in [0.05, 0.1) is 0 Å². The zero-order chi connectivity index (χ0) is 19.6. The van der Waals surface area contributed by atoms with Gasteiger partial charge in [-0.3, -0.25) is 0 Å². The molecule has 0 aromatic heterocycles. The first-order valence-corrected chi connectivity index (χ1v) is 10.1. The molecular weight excluding hydrogens is 413 g/mol. The molecule has 4 rings (SSSR count). The van der Waals surface area contributed by atoms with Crippen LogP contribution in [-0.2, 0) is 14.5 Å². The zero-order valence-electron chi connectivity index (χ0n) is 14.6. The first kappa shape index (κ1) is 18.9. The summed E-state index contributed by atoms with van der Waals surface area (Å²) in [5.41, 5.74) is 1.96. The molecule has 3 nitrogen and oxygen atoms in total. The Morgan fingerprint density at radius 3 is 2.07 bits per heavy atom. The number of thioether (sulfide) groups is 1. The minimum Gasteiger partial charge on any atom is -0.435 e. The van der Waals surface area contributed by atoms with Crippen LogP contribution in [-0.4, -0.2) is 5.97 Å². The van der Waals surface area contributed by atoms with Crippen LogP contribution in [0.2, 0.25) is 10.0 Å². The topological polar surface area (TPSA) is 38.3 Å². The van der Waals surface area contributed by atoms with Crippen LogP contribution in [0.3, 0.4) is 0 Å². The Morgan fingerprint density at radius 1 is 0.821 bits per heavy atom. The van der Waals surface area contributed by atoms with E-state index in [-0.39, 0.29) is 0 Å². The number of carbonyl (C=O) groups is 1. The molecule has 0 spiro atoms. The monoisotopic (exact) mass is 427 g/mol.